The highest BCUT2D eigenvalue weighted by molar-refractivity contribution is 5.78. The van der Waals surface area contributed by atoms with Crippen LogP contribution in [0.1, 0.15) is 30.9 Å². The smallest absolute Gasteiger partial charge is 0.260 e. The van der Waals surface area contributed by atoms with Crippen LogP contribution in [0.2, 0.25) is 0 Å². The molecule has 1 amide bonds. The molecule has 2 atom stereocenters. The molecule has 0 radical (unpaired) electrons. The van der Waals surface area contributed by atoms with Crippen molar-refractivity contribution in [2.75, 3.05) is 19.7 Å². The molecule has 2 unspecified atom stereocenters. The first-order valence-electron chi connectivity index (χ1n) is 7.71. The van der Waals surface area contributed by atoms with Gasteiger partial charge < -0.3 is 15.4 Å². The summed E-state index contributed by atoms with van der Waals surface area (Å²) in [5.74, 6) is 1.43. The Bertz CT molecular complexity index is 502. The van der Waals surface area contributed by atoms with Crippen LogP contribution in [-0.4, -0.2) is 36.5 Å². The fraction of sp³-hybridized carbons (Fsp3) is 0.588. The van der Waals surface area contributed by atoms with Gasteiger partial charge in [-0.1, -0.05) is 13.0 Å². The van der Waals surface area contributed by atoms with Crippen molar-refractivity contribution in [2.45, 2.75) is 39.7 Å². The maximum absolute atomic E-state index is 12.3. The largest absolute Gasteiger partial charge is 0.484 e. The van der Waals surface area contributed by atoms with Gasteiger partial charge >= 0.3 is 0 Å². The Labute approximate surface area is 127 Å². The molecule has 1 aromatic rings. The van der Waals surface area contributed by atoms with E-state index in [4.69, 9.17) is 10.5 Å². The molecule has 0 aliphatic carbocycles. The van der Waals surface area contributed by atoms with Gasteiger partial charge in [0.2, 0.25) is 0 Å². The molecule has 1 aliphatic rings. The van der Waals surface area contributed by atoms with Crippen LogP contribution >= 0.6 is 0 Å². The predicted octanol–water partition coefficient (Wildman–Crippen LogP) is 2.27. The van der Waals surface area contributed by atoms with Gasteiger partial charge in [0.25, 0.3) is 5.91 Å². The number of amides is 1. The van der Waals surface area contributed by atoms with Crippen LogP contribution < -0.4 is 10.5 Å². The molecule has 0 aromatic heterocycles. The first-order valence-corrected chi connectivity index (χ1v) is 7.71. The van der Waals surface area contributed by atoms with E-state index >= 15 is 0 Å². The number of carbonyl (C=O) groups excluding carboxylic acids is 1. The molecule has 4 heteroatoms. The first kappa shape index (κ1) is 15.8. The number of aryl methyl sites for hydroxylation is 2. The average Bonchev–Trinajstić information content (AvgIpc) is 2.48. The van der Waals surface area contributed by atoms with Crippen molar-refractivity contribution in [3.05, 3.63) is 29.3 Å². The molecule has 1 fully saturated rings. The molecule has 2 N–H and O–H groups in total. The van der Waals surface area contributed by atoms with Gasteiger partial charge in [-0.25, -0.2) is 0 Å². The van der Waals surface area contributed by atoms with Crippen LogP contribution in [0.3, 0.4) is 0 Å². The van der Waals surface area contributed by atoms with Gasteiger partial charge in [-0.2, -0.15) is 0 Å². The Hall–Kier alpha value is -1.55. The fourth-order valence-corrected chi connectivity index (χ4v) is 2.84. The normalized spacial score (nSPS) is 22.2. The monoisotopic (exact) mass is 290 g/mol. The Morgan fingerprint density at radius 2 is 2.14 bits per heavy atom. The third kappa shape index (κ3) is 3.97. The van der Waals surface area contributed by atoms with Crippen LogP contribution in [-0.2, 0) is 4.79 Å². The summed E-state index contributed by atoms with van der Waals surface area (Å²) in [4.78, 5) is 14.2. The summed E-state index contributed by atoms with van der Waals surface area (Å²) in [6.07, 6.45) is 2.04. The summed E-state index contributed by atoms with van der Waals surface area (Å²) in [6.45, 7) is 7.73. The van der Waals surface area contributed by atoms with Crippen molar-refractivity contribution in [3.8, 4) is 5.75 Å². The Morgan fingerprint density at radius 1 is 1.38 bits per heavy atom. The number of ether oxygens (including phenoxy) is 1. The predicted molar refractivity (Wildman–Crippen MR) is 84.4 cm³/mol. The summed E-state index contributed by atoms with van der Waals surface area (Å²) in [6, 6.07) is 6.06. The van der Waals surface area contributed by atoms with E-state index in [1.807, 2.05) is 30.0 Å². The van der Waals surface area contributed by atoms with Gasteiger partial charge in [-0.3, -0.25) is 4.79 Å². The van der Waals surface area contributed by atoms with Crippen LogP contribution in [0, 0.1) is 19.8 Å². The van der Waals surface area contributed by atoms with Crippen LogP contribution in [0.4, 0.5) is 0 Å². The Balaban J connectivity index is 1.93. The van der Waals surface area contributed by atoms with E-state index in [-0.39, 0.29) is 18.6 Å². The number of hydrogen-bond acceptors (Lipinski definition) is 3. The Morgan fingerprint density at radius 3 is 2.81 bits per heavy atom. The zero-order chi connectivity index (χ0) is 15.4. The molecule has 116 valence electrons. The maximum Gasteiger partial charge on any atom is 0.260 e. The quantitative estimate of drug-likeness (QED) is 0.925. The molecule has 2 rings (SSSR count). The molecule has 21 heavy (non-hydrogen) atoms. The molecule has 1 aliphatic heterocycles. The lowest BCUT2D eigenvalue weighted by atomic mass is 9.92. The van der Waals surface area contributed by atoms with Crippen molar-refractivity contribution in [1.82, 2.24) is 4.90 Å². The van der Waals surface area contributed by atoms with E-state index in [2.05, 4.69) is 13.8 Å². The number of piperidine rings is 1. The standard InChI is InChI=1S/C17H26N2O2/c1-12-6-7-19(15(8-12)10-18)17(20)11-21-16-5-4-13(2)14(3)9-16/h4-5,9,12,15H,6-8,10-11,18H2,1-3H3. The lowest BCUT2D eigenvalue weighted by molar-refractivity contribution is -0.137. The minimum Gasteiger partial charge on any atom is -0.484 e. The lowest BCUT2D eigenvalue weighted by Crippen LogP contribution is -2.50. The lowest BCUT2D eigenvalue weighted by Gasteiger charge is -2.37. The van der Waals surface area contributed by atoms with Gasteiger partial charge in [0, 0.05) is 19.1 Å². The van der Waals surface area contributed by atoms with Crippen LogP contribution in [0.15, 0.2) is 18.2 Å². The number of nitrogens with zero attached hydrogens (tertiary/aromatic N) is 1. The van der Waals surface area contributed by atoms with Crippen LogP contribution in [0.5, 0.6) is 5.75 Å². The molecule has 0 bridgehead atoms. The Kier molecular flexibility index (Phi) is 5.23. The minimum atomic E-state index is 0.0376. The second-order valence-corrected chi connectivity index (χ2v) is 6.14. The third-order valence-electron chi connectivity index (χ3n) is 4.41. The van der Waals surface area contributed by atoms with Gasteiger partial charge in [0.1, 0.15) is 5.75 Å². The number of rotatable bonds is 4. The van der Waals surface area contributed by atoms with Gasteiger partial charge in [-0.15, -0.1) is 0 Å². The summed E-state index contributed by atoms with van der Waals surface area (Å²) >= 11 is 0. The van der Waals surface area contributed by atoms with Crippen molar-refractivity contribution in [3.63, 3.8) is 0 Å². The SMILES string of the molecule is Cc1ccc(OCC(=O)N2CCC(C)CC2CN)cc1C. The van der Waals surface area contributed by atoms with Crippen molar-refractivity contribution in [1.29, 1.82) is 0 Å². The summed E-state index contributed by atoms with van der Waals surface area (Å²) in [7, 11) is 0. The van der Waals surface area contributed by atoms with Crippen LogP contribution in [0.25, 0.3) is 0 Å². The summed E-state index contributed by atoms with van der Waals surface area (Å²) in [5.41, 5.74) is 8.20. The van der Waals surface area contributed by atoms with E-state index in [9.17, 15) is 4.79 Å². The van der Waals surface area contributed by atoms with E-state index < -0.39 is 0 Å². The van der Waals surface area contributed by atoms with E-state index in [0.29, 0.717) is 12.5 Å². The van der Waals surface area contributed by atoms with Crippen molar-refractivity contribution >= 4 is 5.91 Å². The molecule has 0 saturated carbocycles. The third-order valence-corrected chi connectivity index (χ3v) is 4.41. The van der Waals surface area contributed by atoms with Crippen molar-refractivity contribution in [2.24, 2.45) is 11.7 Å². The highest BCUT2D eigenvalue weighted by Gasteiger charge is 2.28. The fourth-order valence-electron chi connectivity index (χ4n) is 2.84. The molecular weight excluding hydrogens is 264 g/mol. The second kappa shape index (κ2) is 6.94. The summed E-state index contributed by atoms with van der Waals surface area (Å²) in [5, 5.41) is 0. The topological polar surface area (TPSA) is 55.6 Å². The van der Waals surface area contributed by atoms with Gasteiger partial charge in [0.15, 0.2) is 6.61 Å². The van der Waals surface area contributed by atoms with E-state index in [1.54, 1.807) is 0 Å². The summed E-state index contributed by atoms with van der Waals surface area (Å²) < 4.78 is 5.64. The van der Waals surface area contributed by atoms with E-state index in [1.165, 1.54) is 11.1 Å². The highest BCUT2D eigenvalue weighted by atomic mass is 16.5. The van der Waals surface area contributed by atoms with Gasteiger partial charge in [0.05, 0.1) is 0 Å². The first-order chi connectivity index (χ1) is 10.0. The molecular formula is C17H26N2O2. The average molecular weight is 290 g/mol. The maximum atomic E-state index is 12.3. The number of carbonyl (C=O) groups is 1. The molecule has 1 aromatic carbocycles. The number of hydrogen-bond donors (Lipinski definition) is 1. The second-order valence-electron chi connectivity index (χ2n) is 6.14. The number of nitrogens with two attached hydrogens (primary N) is 1. The number of likely N-dealkylation sites (tertiary alicyclic amines) is 1. The van der Waals surface area contributed by atoms with Gasteiger partial charge in [-0.05, 0) is 55.9 Å². The van der Waals surface area contributed by atoms with Crippen molar-refractivity contribution < 1.29 is 9.53 Å². The molecule has 0 spiro atoms. The molecule has 1 heterocycles. The molecule has 4 nitrogen and oxygen atoms in total. The minimum absolute atomic E-state index is 0.0376. The highest BCUT2D eigenvalue weighted by Crippen LogP contribution is 2.22. The van der Waals surface area contributed by atoms with E-state index in [0.717, 1.165) is 25.1 Å². The number of benzene rings is 1. The zero-order valence-corrected chi connectivity index (χ0v) is 13.3. The zero-order valence-electron chi connectivity index (χ0n) is 13.3. The molecule has 1 saturated heterocycles.